The molecule has 1 rings (SSSR count). The lowest BCUT2D eigenvalue weighted by Crippen LogP contribution is -2.21. The fraction of sp³-hybridized carbons (Fsp3) is 0.667. The highest BCUT2D eigenvalue weighted by Gasteiger charge is 2.13. The van der Waals surface area contributed by atoms with Crippen molar-refractivity contribution in [3.63, 3.8) is 0 Å². The van der Waals surface area contributed by atoms with E-state index in [4.69, 9.17) is 15.2 Å². The third-order valence-electron chi connectivity index (χ3n) is 2.62. The molecule has 1 aromatic heterocycles. The van der Waals surface area contributed by atoms with Gasteiger partial charge >= 0.3 is 0 Å². The lowest BCUT2D eigenvalue weighted by Gasteiger charge is -2.17. The van der Waals surface area contributed by atoms with Gasteiger partial charge in [-0.1, -0.05) is 0 Å². The Bertz CT molecular complexity index is 369. The van der Waals surface area contributed by atoms with Crippen molar-refractivity contribution in [2.75, 3.05) is 13.2 Å². The van der Waals surface area contributed by atoms with Crippen LogP contribution >= 0.6 is 0 Å². The second-order valence-corrected chi connectivity index (χ2v) is 3.99. The van der Waals surface area contributed by atoms with Crippen molar-refractivity contribution in [3.8, 4) is 5.88 Å². The van der Waals surface area contributed by atoms with Crippen LogP contribution in [0.3, 0.4) is 0 Å². The zero-order valence-corrected chi connectivity index (χ0v) is 11.0. The van der Waals surface area contributed by atoms with Gasteiger partial charge in [-0.25, -0.2) is 0 Å². The highest BCUT2D eigenvalue weighted by molar-refractivity contribution is 5.35. The van der Waals surface area contributed by atoms with Crippen molar-refractivity contribution in [1.29, 1.82) is 0 Å². The SMILES string of the molecule is CCOCC(C)Oc1nnc(C)c(C)c1CN. The first kappa shape index (κ1) is 13.9. The normalized spacial score (nSPS) is 12.5. The molecule has 1 atom stereocenters. The lowest BCUT2D eigenvalue weighted by molar-refractivity contribution is 0.0622. The molecule has 1 unspecified atom stereocenters. The van der Waals surface area contributed by atoms with Crippen molar-refractivity contribution in [1.82, 2.24) is 10.2 Å². The molecule has 0 spiro atoms. The molecule has 2 N–H and O–H groups in total. The third kappa shape index (κ3) is 3.64. The molecular weight excluding hydrogens is 218 g/mol. The van der Waals surface area contributed by atoms with Gasteiger partial charge in [0.2, 0.25) is 5.88 Å². The monoisotopic (exact) mass is 239 g/mol. The molecule has 17 heavy (non-hydrogen) atoms. The second kappa shape index (κ2) is 6.51. The number of aryl methyl sites for hydroxylation is 1. The maximum absolute atomic E-state index is 5.72. The Kier molecular flexibility index (Phi) is 5.31. The summed E-state index contributed by atoms with van der Waals surface area (Å²) in [5.41, 5.74) is 8.56. The van der Waals surface area contributed by atoms with Gasteiger partial charge < -0.3 is 15.2 Å². The van der Waals surface area contributed by atoms with Crippen molar-refractivity contribution >= 4 is 0 Å². The minimum atomic E-state index is -0.0587. The lowest BCUT2D eigenvalue weighted by atomic mass is 10.1. The molecule has 5 heteroatoms. The Morgan fingerprint density at radius 2 is 2.00 bits per heavy atom. The average Bonchev–Trinajstić information content (AvgIpc) is 2.32. The predicted molar refractivity (Wildman–Crippen MR) is 66.0 cm³/mol. The van der Waals surface area contributed by atoms with Crippen LogP contribution in [0.25, 0.3) is 0 Å². The zero-order chi connectivity index (χ0) is 12.8. The third-order valence-corrected chi connectivity index (χ3v) is 2.62. The highest BCUT2D eigenvalue weighted by atomic mass is 16.5. The van der Waals surface area contributed by atoms with E-state index in [-0.39, 0.29) is 6.10 Å². The van der Waals surface area contributed by atoms with Crippen molar-refractivity contribution < 1.29 is 9.47 Å². The first-order chi connectivity index (χ1) is 8.10. The van der Waals surface area contributed by atoms with Crippen LogP contribution in [0.2, 0.25) is 0 Å². The molecule has 0 saturated carbocycles. The number of nitrogens with two attached hydrogens (primary N) is 1. The molecule has 0 fully saturated rings. The zero-order valence-electron chi connectivity index (χ0n) is 11.0. The Balaban J connectivity index is 2.80. The van der Waals surface area contributed by atoms with E-state index < -0.39 is 0 Å². The smallest absolute Gasteiger partial charge is 0.238 e. The number of hydrogen-bond donors (Lipinski definition) is 1. The molecule has 5 nitrogen and oxygen atoms in total. The minimum absolute atomic E-state index is 0.0587. The largest absolute Gasteiger partial charge is 0.471 e. The van der Waals surface area contributed by atoms with Crippen LogP contribution < -0.4 is 10.5 Å². The van der Waals surface area contributed by atoms with Crippen molar-refractivity contribution in [2.45, 2.75) is 40.3 Å². The van der Waals surface area contributed by atoms with Gasteiger partial charge in [0.15, 0.2) is 0 Å². The summed E-state index contributed by atoms with van der Waals surface area (Å²) in [4.78, 5) is 0. The van der Waals surface area contributed by atoms with Crippen LogP contribution in [0.5, 0.6) is 5.88 Å². The highest BCUT2D eigenvalue weighted by Crippen LogP contribution is 2.20. The van der Waals surface area contributed by atoms with E-state index in [1.165, 1.54) is 0 Å². The molecule has 0 aliphatic heterocycles. The number of ether oxygens (including phenoxy) is 2. The van der Waals surface area contributed by atoms with E-state index >= 15 is 0 Å². The molecule has 0 aromatic carbocycles. The number of aromatic nitrogens is 2. The second-order valence-electron chi connectivity index (χ2n) is 3.99. The van der Waals surface area contributed by atoms with E-state index in [0.717, 1.165) is 16.8 Å². The molecule has 1 heterocycles. The van der Waals surface area contributed by atoms with E-state index in [1.807, 2.05) is 27.7 Å². The van der Waals surface area contributed by atoms with Crippen LogP contribution in [0.15, 0.2) is 0 Å². The molecule has 0 aliphatic carbocycles. The van der Waals surface area contributed by atoms with Gasteiger partial charge in [0.1, 0.15) is 6.10 Å². The topological polar surface area (TPSA) is 70.3 Å². The maximum Gasteiger partial charge on any atom is 0.238 e. The van der Waals surface area contributed by atoms with E-state index in [1.54, 1.807) is 0 Å². The Labute approximate surface area is 102 Å². The summed E-state index contributed by atoms with van der Waals surface area (Å²) in [7, 11) is 0. The standard InChI is InChI=1S/C12H21N3O2/c1-5-16-7-8(2)17-12-11(6-13)9(3)10(4)14-15-12/h8H,5-7,13H2,1-4H3. The summed E-state index contributed by atoms with van der Waals surface area (Å²) in [6.07, 6.45) is -0.0587. The molecule has 0 aliphatic rings. The van der Waals surface area contributed by atoms with Gasteiger partial charge in [0.05, 0.1) is 12.3 Å². The molecule has 0 amide bonds. The number of hydrogen-bond acceptors (Lipinski definition) is 5. The van der Waals surface area contributed by atoms with Crippen molar-refractivity contribution in [2.24, 2.45) is 5.73 Å². The van der Waals surface area contributed by atoms with E-state index in [9.17, 15) is 0 Å². The van der Waals surface area contributed by atoms with E-state index in [2.05, 4.69) is 10.2 Å². The molecule has 0 saturated heterocycles. The maximum atomic E-state index is 5.72. The van der Waals surface area contributed by atoms with Crippen LogP contribution in [-0.4, -0.2) is 29.5 Å². The van der Waals surface area contributed by atoms with Crippen LogP contribution in [-0.2, 0) is 11.3 Å². The summed E-state index contributed by atoms with van der Waals surface area (Å²) in [5, 5.41) is 8.10. The summed E-state index contributed by atoms with van der Waals surface area (Å²) in [6, 6.07) is 0. The molecular formula is C12H21N3O2. The molecule has 0 radical (unpaired) electrons. The number of rotatable bonds is 6. The van der Waals surface area contributed by atoms with Gasteiger partial charge in [-0.3, -0.25) is 0 Å². The summed E-state index contributed by atoms with van der Waals surface area (Å²) < 4.78 is 11.0. The van der Waals surface area contributed by atoms with Crippen LogP contribution in [0.1, 0.15) is 30.7 Å². The van der Waals surface area contributed by atoms with Gasteiger partial charge in [-0.05, 0) is 33.3 Å². The van der Waals surface area contributed by atoms with Crippen LogP contribution in [0, 0.1) is 13.8 Å². The van der Waals surface area contributed by atoms with Gasteiger partial charge in [0, 0.05) is 18.7 Å². The summed E-state index contributed by atoms with van der Waals surface area (Å²) in [6.45, 7) is 9.39. The van der Waals surface area contributed by atoms with Gasteiger partial charge in [-0.2, -0.15) is 5.10 Å². The fourth-order valence-electron chi connectivity index (χ4n) is 1.48. The number of nitrogens with zero attached hydrogens (tertiary/aromatic N) is 2. The Morgan fingerprint density at radius 1 is 1.29 bits per heavy atom. The first-order valence-corrected chi connectivity index (χ1v) is 5.87. The van der Waals surface area contributed by atoms with Gasteiger partial charge in [-0.15, -0.1) is 5.10 Å². The van der Waals surface area contributed by atoms with Crippen molar-refractivity contribution in [3.05, 3.63) is 16.8 Å². The summed E-state index contributed by atoms with van der Waals surface area (Å²) >= 11 is 0. The average molecular weight is 239 g/mol. The Hall–Kier alpha value is -1.20. The molecule has 1 aromatic rings. The quantitative estimate of drug-likeness (QED) is 0.811. The minimum Gasteiger partial charge on any atom is -0.471 e. The molecule has 96 valence electrons. The van der Waals surface area contributed by atoms with E-state index in [0.29, 0.717) is 25.6 Å². The fourth-order valence-corrected chi connectivity index (χ4v) is 1.48. The Morgan fingerprint density at radius 3 is 2.59 bits per heavy atom. The summed E-state index contributed by atoms with van der Waals surface area (Å²) in [5.74, 6) is 0.516. The molecule has 0 bridgehead atoms. The predicted octanol–water partition coefficient (Wildman–Crippen LogP) is 1.36. The van der Waals surface area contributed by atoms with Gasteiger partial charge in [0.25, 0.3) is 0 Å². The van der Waals surface area contributed by atoms with Crippen LogP contribution in [0.4, 0.5) is 0 Å². The first-order valence-electron chi connectivity index (χ1n) is 5.87.